The van der Waals surface area contributed by atoms with E-state index >= 15 is 0 Å². The number of fused-ring (bicyclic) bond motifs is 3. The van der Waals surface area contributed by atoms with Crippen molar-refractivity contribution in [1.82, 2.24) is 5.32 Å². The number of hydrogen-bond acceptors (Lipinski definition) is 2. The van der Waals surface area contributed by atoms with Crippen LogP contribution >= 0.6 is 12.2 Å². The highest BCUT2D eigenvalue weighted by Gasteiger charge is 2.57. The molecule has 3 unspecified atom stereocenters. The van der Waals surface area contributed by atoms with Crippen LogP contribution in [0, 0.1) is 16.2 Å². The van der Waals surface area contributed by atoms with Gasteiger partial charge in [-0.25, -0.2) is 0 Å². The highest BCUT2D eigenvalue weighted by atomic mass is 32.1. The maximum absolute atomic E-state index is 12.0. The first-order valence-electron chi connectivity index (χ1n) is 11.0. The van der Waals surface area contributed by atoms with Gasteiger partial charge in [0, 0.05) is 5.69 Å². The average molecular weight is 413 g/mol. The van der Waals surface area contributed by atoms with Crippen LogP contribution in [-0.4, -0.2) is 21.9 Å². The summed E-state index contributed by atoms with van der Waals surface area (Å²) in [7, 11) is 0. The summed E-state index contributed by atoms with van der Waals surface area (Å²) in [6, 6.07) is 10.1. The van der Waals surface area contributed by atoms with Gasteiger partial charge in [0.15, 0.2) is 5.11 Å². The fraction of sp³-hybridized carbons (Fsp3) is 0.640. The zero-order valence-corrected chi connectivity index (χ0v) is 19.4. The standard InChI is InChI=1S/C25H36N2OS/c1-22(2)11-17-12-24(5)14-23(3,4)15-25(28,16-24)20(17)19(13-22)27-21(29)26-18-9-7-6-8-10-18/h6-10,19,28H,11-16H2,1-5H3,(H2,26,27,29). The first-order chi connectivity index (χ1) is 13.4. The molecule has 0 aromatic heterocycles. The molecule has 3 atom stereocenters. The minimum absolute atomic E-state index is 0.0842. The molecule has 4 heteroatoms. The van der Waals surface area contributed by atoms with Crippen LogP contribution in [0.5, 0.6) is 0 Å². The van der Waals surface area contributed by atoms with Gasteiger partial charge in [-0.05, 0) is 84.7 Å². The molecule has 3 N–H and O–H groups in total. The molecule has 0 radical (unpaired) electrons. The van der Waals surface area contributed by atoms with Gasteiger partial charge >= 0.3 is 0 Å². The number of nitrogens with one attached hydrogen (secondary N) is 2. The summed E-state index contributed by atoms with van der Waals surface area (Å²) in [5.41, 5.74) is 3.54. The third kappa shape index (κ3) is 4.25. The number of allylic oxidation sites excluding steroid dienone is 1. The van der Waals surface area contributed by atoms with Gasteiger partial charge in [0.1, 0.15) is 0 Å². The zero-order chi connectivity index (χ0) is 21.1. The summed E-state index contributed by atoms with van der Waals surface area (Å²) >= 11 is 5.67. The van der Waals surface area contributed by atoms with Crippen LogP contribution in [0.4, 0.5) is 5.69 Å². The van der Waals surface area contributed by atoms with Gasteiger partial charge in [0.25, 0.3) is 0 Å². The van der Waals surface area contributed by atoms with Gasteiger partial charge in [0.05, 0.1) is 11.6 Å². The summed E-state index contributed by atoms with van der Waals surface area (Å²) in [6.07, 6.45) is 6.07. The molecule has 0 spiro atoms. The fourth-order valence-corrected chi connectivity index (χ4v) is 7.36. The van der Waals surface area contributed by atoms with Crippen molar-refractivity contribution < 1.29 is 5.11 Å². The molecular formula is C25H36N2OS. The lowest BCUT2D eigenvalue weighted by molar-refractivity contribution is -0.0854. The average Bonchev–Trinajstić information content (AvgIpc) is 2.49. The van der Waals surface area contributed by atoms with Crippen molar-refractivity contribution in [3.8, 4) is 0 Å². The van der Waals surface area contributed by atoms with E-state index in [1.54, 1.807) is 0 Å². The topological polar surface area (TPSA) is 44.3 Å². The van der Waals surface area contributed by atoms with E-state index < -0.39 is 5.60 Å². The lowest BCUT2D eigenvalue weighted by Gasteiger charge is -2.59. The number of hydrogen-bond donors (Lipinski definition) is 3. The Morgan fingerprint density at radius 3 is 2.34 bits per heavy atom. The van der Waals surface area contributed by atoms with Crippen molar-refractivity contribution >= 4 is 23.0 Å². The molecule has 3 aliphatic rings. The van der Waals surface area contributed by atoms with Crippen molar-refractivity contribution in [1.29, 1.82) is 0 Å². The van der Waals surface area contributed by atoms with E-state index in [1.807, 2.05) is 30.3 Å². The normalized spacial score (nSPS) is 34.9. The van der Waals surface area contributed by atoms with Crippen LogP contribution in [-0.2, 0) is 0 Å². The van der Waals surface area contributed by atoms with Gasteiger partial charge in [-0.2, -0.15) is 0 Å². The molecule has 0 aliphatic heterocycles. The predicted molar refractivity (Wildman–Crippen MR) is 125 cm³/mol. The minimum Gasteiger partial charge on any atom is -0.385 e. The summed E-state index contributed by atoms with van der Waals surface area (Å²) in [4.78, 5) is 0. The molecule has 1 aromatic carbocycles. The van der Waals surface area contributed by atoms with Crippen LogP contribution in [0.2, 0.25) is 0 Å². The lowest BCUT2D eigenvalue weighted by Crippen LogP contribution is -2.58. The van der Waals surface area contributed by atoms with Crippen molar-refractivity contribution in [2.45, 2.75) is 84.8 Å². The largest absolute Gasteiger partial charge is 0.385 e. The fourth-order valence-electron chi connectivity index (χ4n) is 7.10. The number of para-hydroxylation sites is 1. The second kappa shape index (κ2) is 6.81. The van der Waals surface area contributed by atoms with E-state index in [0.717, 1.165) is 37.8 Å². The Hall–Kier alpha value is -1.39. The third-order valence-electron chi connectivity index (χ3n) is 7.05. The van der Waals surface area contributed by atoms with Crippen LogP contribution in [0.1, 0.15) is 73.1 Å². The number of aliphatic hydroxyl groups is 1. The lowest BCUT2D eigenvalue weighted by atomic mass is 9.49. The van der Waals surface area contributed by atoms with E-state index in [1.165, 1.54) is 17.6 Å². The van der Waals surface area contributed by atoms with Crippen molar-refractivity contribution in [3.05, 3.63) is 41.5 Å². The number of anilines is 1. The number of benzene rings is 1. The summed E-state index contributed by atoms with van der Waals surface area (Å²) in [6.45, 7) is 11.7. The van der Waals surface area contributed by atoms with Gasteiger partial charge in [-0.3, -0.25) is 0 Å². The van der Waals surface area contributed by atoms with Crippen molar-refractivity contribution in [2.75, 3.05) is 5.32 Å². The second-order valence-corrected chi connectivity index (χ2v) is 12.2. The van der Waals surface area contributed by atoms with E-state index in [-0.39, 0.29) is 22.3 Å². The van der Waals surface area contributed by atoms with Crippen molar-refractivity contribution in [2.24, 2.45) is 16.2 Å². The molecule has 1 fully saturated rings. The van der Waals surface area contributed by atoms with E-state index in [4.69, 9.17) is 12.2 Å². The number of thiocarbonyl (C=S) groups is 1. The van der Waals surface area contributed by atoms with Crippen LogP contribution in [0.3, 0.4) is 0 Å². The monoisotopic (exact) mass is 412 g/mol. The summed E-state index contributed by atoms with van der Waals surface area (Å²) in [5.74, 6) is 0. The number of rotatable bonds is 2. The SMILES string of the molecule is CC1(C)CC2=C(C(NC(=S)Nc3ccccc3)C1)C1(O)CC(C)(C)CC(C)(C2)C1. The molecule has 1 saturated carbocycles. The highest BCUT2D eigenvalue weighted by Crippen LogP contribution is 2.62. The molecule has 2 bridgehead atoms. The molecule has 0 heterocycles. The molecule has 3 aliphatic carbocycles. The Labute approximate surface area is 181 Å². The molecular weight excluding hydrogens is 376 g/mol. The van der Waals surface area contributed by atoms with E-state index in [2.05, 4.69) is 45.3 Å². The highest BCUT2D eigenvalue weighted by molar-refractivity contribution is 7.80. The van der Waals surface area contributed by atoms with Crippen LogP contribution in [0.15, 0.2) is 41.5 Å². The smallest absolute Gasteiger partial charge is 0.171 e. The van der Waals surface area contributed by atoms with Gasteiger partial charge in [-0.1, -0.05) is 58.4 Å². The van der Waals surface area contributed by atoms with Crippen molar-refractivity contribution in [3.63, 3.8) is 0 Å². The van der Waals surface area contributed by atoms with Gasteiger partial charge in [0.2, 0.25) is 0 Å². The predicted octanol–water partition coefficient (Wildman–Crippen LogP) is 5.81. The zero-order valence-electron chi connectivity index (χ0n) is 18.6. The first kappa shape index (κ1) is 20.9. The van der Waals surface area contributed by atoms with Gasteiger partial charge < -0.3 is 15.7 Å². The Balaban J connectivity index is 1.65. The summed E-state index contributed by atoms with van der Waals surface area (Å²) in [5, 5.41) is 19.5. The van der Waals surface area contributed by atoms with Gasteiger partial charge in [-0.15, -0.1) is 0 Å². The molecule has 29 heavy (non-hydrogen) atoms. The second-order valence-electron chi connectivity index (χ2n) is 11.8. The third-order valence-corrected chi connectivity index (χ3v) is 7.27. The van der Waals surface area contributed by atoms with Crippen LogP contribution < -0.4 is 10.6 Å². The summed E-state index contributed by atoms with van der Waals surface area (Å²) < 4.78 is 0. The Bertz CT molecular complexity index is 844. The maximum atomic E-state index is 12.0. The Kier molecular flexibility index (Phi) is 4.90. The quantitative estimate of drug-likeness (QED) is 0.424. The molecule has 0 amide bonds. The first-order valence-corrected chi connectivity index (χ1v) is 11.4. The van der Waals surface area contributed by atoms with E-state index in [9.17, 15) is 5.11 Å². The molecule has 3 nitrogen and oxygen atoms in total. The minimum atomic E-state index is -0.722. The maximum Gasteiger partial charge on any atom is 0.171 e. The Morgan fingerprint density at radius 2 is 1.66 bits per heavy atom. The molecule has 4 rings (SSSR count). The molecule has 0 saturated heterocycles. The molecule has 1 aromatic rings. The Morgan fingerprint density at radius 1 is 0.966 bits per heavy atom. The molecule has 158 valence electrons. The van der Waals surface area contributed by atoms with Crippen LogP contribution in [0.25, 0.3) is 0 Å². The van der Waals surface area contributed by atoms with E-state index in [0.29, 0.717) is 5.11 Å².